The van der Waals surface area contributed by atoms with Crippen LogP contribution in [-0.2, 0) is 11.2 Å². The molecule has 44 heavy (non-hydrogen) atoms. The SMILES string of the molecule is CCS/C(=N\C(=O)NCCc1ccc(C(=N)/N=C\Nc2ccc(OC(F)(F)F)cc2)cc1)N(C=O)c1cccc(C(C)C)c1. The quantitative estimate of drug-likeness (QED) is 0.118. The van der Waals surface area contributed by atoms with Crippen molar-refractivity contribution in [1.29, 1.82) is 5.41 Å². The summed E-state index contributed by atoms with van der Waals surface area (Å²) in [5.41, 5.74) is 3.63. The molecule has 0 saturated carbocycles. The number of amidine groups is 2. The lowest BCUT2D eigenvalue weighted by molar-refractivity contribution is -0.274. The number of amides is 3. The number of anilines is 2. The fourth-order valence-corrected chi connectivity index (χ4v) is 4.50. The molecular weight excluding hydrogens is 593 g/mol. The first-order chi connectivity index (χ1) is 21.0. The molecule has 0 atom stereocenters. The van der Waals surface area contributed by atoms with Crippen molar-refractivity contribution in [3.8, 4) is 5.75 Å². The molecule has 0 spiro atoms. The predicted octanol–water partition coefficient (Wildman–Crippen LogP) is 7.20. The third-order valence-electron chi connectivity index (χ3n) is 6.03. The number of benzene rings is 3. The maximum atomic E-state index is 12.6. The summed E-state index contributed by atoms with van der Waals surface area (Å²) in [5.74, 6) is 0.534. The third-order valence-corrected chi connectivity index (χ3v) is 6.86. The van der Waals surface area contributed by atoms with Crippen molar-refractivity contribution in [3.05, 3.63) is 89.5 Å². The summed E-state index contributed by atoms with van der Waals surface area (Å²) < 4.78 is 40.7. The van der Waals surface area contributed by atoms with Crippen LogP contribution in [0.1, 0.15) is 43.4 Å². The number of rotatable bonds is 11. The Kier molecular flexibility index (Phi) is 12.5. The number of ether oxygens (including phenoxy) is 1. The first-order valence-electron chi connectivity index (χ1n) is 13.7. The first kappa shape index (κ1) is 33.8. The Hall–Kier alpha value is -4.65. The lowest BCUT2D eigenvalue weighted by atomic mass is 10.0. The second kappa shape index (κ2) is 16.3. The molecule has 0 aliphatic rings. The normalized spacial score (nSPS) is 11.8. The molecule has 3 aromatic carbocycles. The van der Waals surface area contributed by atoms with Crippen molar-refractivity contribution in [1.82, 2.24) is 5.32 Å². The largest absolute Gasteiger partial charge is 0.573 e. The van der Waals surface area contributed by atoms with Crippen LogP contribution in [0.2, 0.25) is 0 Å². The fourth-order valence-electron chi connectivity index (χ4n) is 3.80. The van der Waals surface area contributed by atoms with Crippen molar-refractivity contribution >= 4 is 52.9 Å². The molecule has 13 heteroatoms. The molecule has 0 aromatic heterocycles. The van der Waals surface area contributed by atoms with Crippen molar-refractivity contribution < 1.29 is 27.5 Å². The number of aliphatic imine (C=N–C) groups is 2. The van der Waals surface area contributed by atoms with Crippen LogP contribution in [0.25, 0.3) is 0 Å². The molecule has 0 aliphatic carbocycles. The monoisotopic (exact) mass is 626 g/mol. The maximum Gasteiger partial charge on any atom is 0.573 e. The van der Waals surface area contributed by atoms with E-state index in [-0.39, 0.29) is 22.7 Å². The molecule has 0 unspecified atom stereocenters. The lowest BCUT2D eigenvalue weighted by Gasteiger charge is -2.20. The summed E-state index contributed by atoms with van der Waals surface area (Å²) in [6, 6.07) is 19.2. The van der Waals surface area contributed by atoms with Gasteiger partial charge >= 0.3 is 12.4 Å². The zero-order valence-corrected chi connectivity index (χ0v) is 25.2. The number of hydrogen-bond acceptors (Lipinski definition) is 5. The van der Waals surface area contributed by atoms with E-state index in [9.17, 15) is 22.8 Å². The van der Waals surface area contributed by atoms with Crippen LogP contribution >= 0.6 is 11.8 Å². The van der Waals surface area contributed by atoms with Gasteiger partial charge in [0.1, 0.15) is 5.75 Å². The minimum absolute atomic E-state index is 0.0247. The second-order valence-electron chi connectivity index (χ2n) is 9.55. The number of nitrogens with one attached hydrogen (secondary N) is 3. The topological polar surface area (TPSA) is 119 Å². The van der Waals surface area contributed by atoms with Gasteiger partial charge in [0.05, 0.1) is 12.0 Å². The number of thioether (sulfide) groups is 1. The van der Waals surface area contributed by atoms with Gasteiger partial charge in [-0.25, -0.2) is 9.79 Å². The van der Waals surface area contributed by atoms with E-state index in [1.165, 1.54) is 35.1 Å². The molecule has 3 amide bonds. The van der Waals surface area contributed by atoms with Gasteiger partial charge in [-0.05, 0) is 65.6 Å². The van der Waals surface area contributed by atoms with Gasteiger partial charge in [0.25, 0.3) is 0 Å². The number of nitrogens with zero attached hydrogens (tertiary/aromatic N) is 3. The van der Waals surface area contributed by atoms with E-state index in [1.807, 2.05) is 37.3 Å². The smallest absolute Gasteiger partial charge is 0.406 e. The number of hydrogen-bond donors (Lipinski definition) is 3. The highest BCUT2D eigenvalue weighted by Gasteiger charge is 2.30. The Morgan fingerprint density at radius 2 is 1.80 bits per heavy atom. The van der Waals surface area contributed by atoms with Crippen LogP contribution < -0.4 is 20.3 Å². The molecule has 0 heterocycles. The Morgan fingerprint density at radius 3 is 2.41 bits per heavy atom. The van der Waals surface area contributed by atoms with Crippen molar-refractivity contribution in [2.45, 2.75) is 39.5 Å². The molecule has 3 N–H and O–H groups in total. The van der Waals surface area contributed by atoms with Gasteiger partial charge < -0.3 is 15.4 Å². The predicted molar refractivity (Wildman–Crippen MR) is 170 cm³/mol. The highest BCUT2D eigenvalue weighted by molar-refractivity contribution is 8.14. The molecule has 0 fully saturated rings. The van der Waals surface area contributed by atoms with Gasteiger partial charge in [-0.1, -0.05) is 68.9 Å². The highest BCUT2D eigenvalue weighted by Crippen LogP contribution is 2.25. The molecule has 0 bridgehead atoms. The third kappa shape index (κ3) is 10.9. The second-order valence-corrected chi connectivity index (χ2v) is 10.8. The Bertz CT molecular complexity index is 1480. The van der Waals surface area contributed by atoms with E-state index >= 15 is 0 Å². The molecule has 0 aliphatic heterocycles. The molecule has 232 valence electrons. The van der Waals surface area contributed by atoms with E-state index in [2.05, 4.69) is 39.2 Å². The van der Waals surface area contributed by atoms with Gasteiger partial charge in [-0.3, -0.25) is 15.1 Å². The summed E-state index contributed by atoms with van der Waals surface area (Å²) in [4.78, 5) is 34.1. The van der Waals surface area contributed by atoms with E-state index in [0.29, 0.717) is 42.1 Å². The summed E-state index contributed by atoms with van der Waals surface area (Å²) in [7, 11) is 0. The van der Waals surface area contributed by atoms with Crippen LogP contribution in [0.15, 0.2) is 82.8 Å². The van der Waals surface area contributed by atoms with Gasteiger partial charge in [-0.15, -0.1) is 13.2 Å². The molecule has 3 aromatic rings. The molecule has 9 nitrogen and oxygen atoms in total. The fraction of sp³-hybridized carbons (Fsp3) is 0.258. The maximum absolute atomic E-state index is 12.6. The Balaban J connectivity index is 1.52. The van der Waals surface area contributed by atoms with Crippen molar-refractivity contribution in [2.24, 2.45) is 9.98 Å². The van der Waals surface area contributed by atoms with Gasteiger partial charge in [-0.2, -0.15) is 4.99 Å². The van der Waals surface area contributed by atoms with Crippen LogP contribution in [0.5, 0.6) is 5.75 Å². The zero-order valence-electron chi connectivity index (χ0n) is 24.4. The average molecular weight is 627 g/mol. The van der Waals surface area contributed by atoms with Crippen molar-refractivity contribution in [3.63, 3.8) is 0 Å². The van der Waals surface area contributed by atoms with E-state index < -0.39 is 12.4 Å². The summed E-state index contributed by atoms with van der Waals surface area (Å²) in [5, 5.41) is 14.0. The number of halogens is 3. The lowest BCUT2D eigenvalue weighted by Crippen LogP contribution is -2.31. The van der Waals surface area contributed by atoms with Crippen LogP contribution in [0, 0.1) is 5.41 Å². The first-order valence-corrected chi connectivity index (χ1v) is 14.6. The standard InChI is InChI=1S/C31H33F3N6O3S/c1-4-44-30(40(20-41)26-7-5-6-24(18-26)21(2)3)39-29(42)36-17-16-22-8-10-23(11-9-22)28(35)38-19-37-25-12-14-27(15-13-25)43-31(32,33)34/h5-15,18-21H,4,16-17H2,1-3H3,(H,36,42)(H2,35,37,38)/b39-30-. The summed E-state index contributed by atoms with van der Waals surface area (Å²) in [6.07, 6.45) is -2.33. The summed E-state index contributed by atoms with van der Waals surface area (Å²) in [6.45, 7) is 6.34. The zero-order chi connectivity index (χ0) is 32.1. The molecular formula is C31H33F3N6O3S. The average Bonchev–Trinajstić information content (AvgIpc) is 2.98. The number of carbonyl (C=O) groups is 2. The van der Waals surface area contributed by atoms with E-state index in [4.69, 9.17) is 5.41 Å². The van der Waals surface area contributed by atoms with E-state index in [1.54, 1.807) is 18.2 Å². The molecule has 0 radical (unpaired) electrons. The molecule has 3 rings (SSSR count). The number of urea groups is 1. The minimum Gasteiger partial charge on any atom is -0.406 e. The van der Waals surface area contributed by atoms with Crippen LogP contribution in [-0.4, -0.2) is 48.4 Å². The Morgan fingerprint density at radius 1 is 1.09 bits per heavy atom. The van der Waals surface area contributed by atoms with Gasteiger partial charge in [0, 0.05) is 17.8 Å². The van der Waals surface area contributed by atoms with Gasteiger partial charge in [0.15, 0.2) is 11.0 Å². The van der Waals surface area contributed by atoms with Gasteiger partial charge in [0.2, 0.25) is 6.41 Å². The van der Waals surface area contributed by atoms with Crippen molar-refractivity contribution in [2.75, 3.05) is 22.5 Å². The highest BCUT2D eigenvalue weighted by atomic mass is 32.2. The Labute approximate surface area is 258 Å². The number of alkyl halides is 3. The van der Waals surface area contributed by atoms with E-state index in [0.717, 1.165) is 23.3 Å². The van der Waals surface area contributed by atoms with Crippen LogP contribution in [0.3, 0.4) is 0 Å². The number of carbonyl (C=O) groups excluding carboxylic acids is 2. The van der Waals surface area contributed by atoms with Crippen LogP contribution in [0.4, 0.5) is 29.3 Å². The minimum atomic E-state index is -4.76. The summed E-state index contributed by atoms with van der Waals surface area (Å²) >= 11 is 1.29. The molecule has 0 saturated heterocycles.